The zero-order chi connectivity index (χ0) is 17.0. The number of ether oxygens (including phenoxy) is 2. The largest absolute Gasteiger partial charge is 0.480 e. The molecule has 0 radical (unpaired) electrons. The lowest BCUT2D eigenvalue weighted by molar-refractivity contribution is -0.149. The normalized spacial score (nSPS) is 19.7. The van der Waals surface area contributed by atoms with Crippen molar-refractivity contribution in [2.24, 2.45) is 5.41 Å². The van der Waals surface area contributed by atoms with E-state index in [-0.39, 0.29) is 12.0 Å². The first kappa shape index (κ1) is 16.9. The van der Waals surface area contributed by atoms with E-state index >= 15 is 0 Å². The maximum absolute atomic E-state index is 12.0. The molecule has 6 nitrogen and oxygen atoms in total. The Balaban J connectivity index is 1.44. The molecule has 0 aromatic heterocycles. The smallest absolute Gasteiger partial charge is 0.319 e. The summed E-state index contributed by atoms with van der Waals surface area (Å²) >= 11 is 0. The van der Waals surface area contributed by atoms with Crippen molar-refractivity contribution in [1.29, 1.82) is 0 Å². The Morgan fingerprint density at radius 1 is 1.17 bits per heavy atom. The standard InChI is InChI=1S/C18H23NO5/c20-16(18(7-8-18)17(21)22)19-11-13-1-3-14(4-2-13)12-24-15-5-9-23-10-6-15/h1-4,15H,5-12H2,(H,19,20)(H,21,22). The summed E-state index contributed by atoms with van der Waals surface area (Å²) in [4.78, 5) is 23.1. The van der Waals surface area contributed by atoms with E-state index in [0.29, 0.717) is 26.0 Å². The number of carboxylic acids is 1. The Labute approximate surface area is 141 Å². The predicted molar refractivity (Wildman–Crippen MR) is 86.2 cm³/mol. The van der Waals surface area contributed by atoms with Gasteiger partial charge in [0.15, 0.2) is 0 Å². The van der Waals surface area contributed by atoms with Crippen molar-refractivity contribution in [2.75, 3.05) is 13.2 Å². The van der Waals surface area contributed by atoms with Gasteiger partial charge in [0, 0.05) is 19.8 Å². The van der Waals surface area contributed by atoms with Gasteiger partial charge in [-0.05, 0) is 36.8 Å². The molecule has 1 aliphatic carbocycles. The van der Waals surface area contributed by atoms with Crippen LogP contribution in [0.1, 0.15) is 36.8 Å². The fraction of sp³-hybridized carbons (Fsp3) is 0.556. The summed E-state index contributed by atoms with van der Waals surface area (Å²) in [5.41, 5.74) is 0.845. The van der Waals surface area contributed by atoms with E-state index in [1.807, 2.05) is 24.3 Å². The summed E-state index contributed by atoms with van der Waals surface area (Å²) < 4.78 is 11.2. The van der Waals surface area contributed by atoms with Crippen LogP contribution in [0.5, 0.6) is 0 Å². The zero-order valence-electron chi connectivity index (χ0n) is 13.6. The molecule has 6 heteroatoms. The van der Waals surface area contributed by atoms with Crippen LogP contribution in [0.15, 0.2) is 24.3 Å². The first-order chi connectivity index (χ1) is 11.6. The van der Waals surface area contributed by atoms with E-state index in [0.717, 1.165) is 37.2 Å². The molecule has 0 bridgehead atoms. The summed E-state index contributed by atoms with van der Waals surface area (Å²) in [6.45, 7) is 2.44. The van der Waals surface area contributed by atoms with Crippen molar-refractivity contribution in [1.82, 2.24) is 5.32 Å². The van der Waals surface area contributed by atoms with Crippen LogP contribution in [-0.4, -0.2) is 36.3 Å². The van der Waals surface area contributed by atoms with E-state index < -0.39 is 11.4 Å². The molecule has 2 aliphatic rings. The number of aliphatic carboxylic acids is 1. The Bertz CT molecular complexity index is 588. The number of carbonyl (C=O) groups is 2. The van der Waals surface area contributed by atoms with Crippen LogP contribution < -0.4 is 5.32 Å². The summed E-state index contributed by atoms with van der Waals surface area (Å²) in [6, 6.07) is 7.82. The Morgan fingerprint density at radius 2 is 1.79 bits per heavy atom. The summed E-state index contributed by atoms with van der Waals surface area (Å²) in [7, 11) is 0. The molecule has 0 spiro atoms. The number of carbonyl (C=O) groups excluding carboxylic acids is 1. The third kappa shape index (κ3) is 3.94. The van der Waals surface area contributed by atoms with Crippen molar-refractivity contribution in [3.05, 3.63) is 35.4 Å². The van der Waals surface area contributed by atoms with Crippen LogP contribution in [0.2, 0.25) is 0 Å². The van der Waals surface area contributed by atoms with Gasteiger partial charge >= 0.3 is 5.97 Å². The monoisotopic (exact) mass is 333 g/mol. The van der Waals surface area contributed by atoms with Gasteiger partial charge in [0.25, 0.3) is 0 Å². The van der Waals surface area contributed by atoms with Crippen LogP contribution in [-0.2, 0) is 32.2 Å². The molecule has 1 aromatic rings. The highest BCUT2D eigenvalue weighted by Gasteiger charge is 2.56. The van der Waals surface area contributed by atoms with E-state index in [2.05, 4.69) is 5.32 Å². The van der Waals surface area contributed by atoms with E-state index in [1.54, 1.807) is 0 Å². The minimum Gasteiger partial charge on any atom is -0.480 e. The molecular weight excluding hydrogens is 310 g/mol. The Hall–Kier alpha value is -1.92. The van der Waals surface area contributed by atoms with Gasteiger partial charge in [0.2, 0.25) is 5.91 Å². The number of carboxylic acid groups (broad SMARTS) is 1. The Kier molecular flexibility index (Phi) is 5.16. The molecule has 2 N–H and O–H groups in total. The van der Waals surface area contributed by atoms with Gasteiger partial charge in [0.05, 0.1) is 12.7 Å². The number of hydrogen-bond donors (Lipinski definition) is 2. The van der Waals surface area contributed by atoms with Crippen molar-refractivity contribution in [3.8, 4) is 0 Å². The zero-order valence-corrected chi connectivity index (χ0v) is 13.6. The lowest BCUT2D eigenvalue weighted by atomic mass is 10.1. The first-order valence-corrected chi connectivity index (χ1v) is 8.39. The molecule has 1 aliphatic heterocycles. The predicted octanol–water partition coefficient (Wildman–Crippen LogP) is 1.86. The highest BCUT2D eigenvalue weighted by molar-refractivity contribution is 6.04. The van der Waals surface area contributed by atoms with Crippen LogP contribution in [0.4, 0.5) is 0 Å². The molecule has 130 valence electrons. The molecule has 1 saturated carbocycles. The van der Waals surface area contributed by atoms with Crippen molar-refractivity contribution in [2.45, 2.75) is 44.9 Å². The fourth-order valence-corrected chi connectivity index (χ4v) is 2.82. The van der Waals surface area contributed by atoms with E-state index in [1.165, 1.54) is 0 Å². The highest BCUT2D eigenvalue weighted by Crippen LogP contribution is 2.46. The molecular formula is C18H23NO5. The second kappa shape index (κ2) is 7.32. The molecule has 3 rings (SSSR count). The van der Waals surface area contributed by atoms with Gasteiger partial charge in [-0.1, -0.05) is 24.3 Å². The van der Waals surface area contributed by atoms with Gasteiger partial charge in [0.1, 0.15) is 5.41 Å². The van der Waals surface area contributed by atoms with Crippen LogP contribution in [0.25, 0.3) is 0 Å². The van der Waals surface area contributed by atoms with Gasteiger partial charge in [-0.25, -0.2) is 0 Å². The number of hydrogen-bond acceptors (Lipinski definition) is 4. The summed E-state index contributed by atoms with van der Waals surface area (Å²) in [5, 5.41) is 11.8. The molecule has 0 atom stereocenters. The molecule has 1 aromatic carbocycles. The second-order valence-electron chi connectivity index (χ2n) is 6.51. The number of amides is 1. The maximum Gasteiger partial charge on any atom is 0.319 e. The molecule has 1 saturated heterocycles. The SMILES string of the molecule is O=C(O)C1(C(=O)NCc2ccc(COC3CCOCC3)cc2)CC1. The molecule has 2 fully saturated rings. The van der Waals surface area contributed by atoms with Gasteiger partial charge in [-0.2, -0.15) is 0 Å². The van der Waals surface area contributed by atoms with E-state index in [9.17, 15) is 9.59 Å². The van der Waals surface area contributed by atoms with Crippen molar-refractivity contribution >= 4 is 11.9 Å². The maximum atomic E-state index is 12.0. The van der Waals surface area contributed by atoms with Crippen molar-refractivity contribution < 1.29 is 24.2 Å². The van der Waals surface area contributed by atoms with Gasteiger partial charge in [-0.3, -0.25) is 9.59 Å². The third-order valence-corrected chi connectivity index (χ3v) is 4.72. The van der Waals surface area contributed by atoms with Crippen molar-refractivity contribution in [3.63, 3.8) is 0 Å². The summed E-state index contributed by atoms with van der Waals surface area (Å²) in [5.74, 6) is -1.41. The van der Waals surface area contributed by atoms with Crippen LogP contribution >= 0.6 is 0 Å². The number of nitrogens with one attached hydrogen (secondary N) is 1. The Morgan fingerprint density at radius 3 is 2.38 bits per heavy atom. The first-order valence-electron chi connectivity index (χ1n) is 8.39. The number of benzene rings is 1. The topological polar surface area (TPSA) is 84.9 Å². The van der Waals surface area contributed by atoms with Crippen LogP contribution in [0, 0.1) is 5.41 Å². The van der Waals surface area contributed by atoms with Gasteiger partial charge in [-0.15, -0.1) is 0 Å². The van der Waals surface area contributed by atoms with Gasteiger partial charge < -0.3 is 19.9 Å². The molecule has 1 amide bonds. The minimum atomic E-state index is -1.18. The lowest BCUT2D eigenvalue weighted by Crippen LogP contribution is -2.36. The minimum absolute atomic E-state index is 0.267. The fourth-order valence-electron chi connectivity index (χ4n) is 2.82. The molecule has 24 heavy (non-hydrogen) atoms. The van der Waals surface area contributed by atoms with Crippen LogP contribution in [0.3, 0.4) is 0 Å². The average molecular weight is 333 g/mol. The lowest BCUT2D eigenvalue weighted by Gasteiger charge is -2.22. The average Bonchev–Trinajstić information content (AvgIpc) is 3.42. The molecule has 1 heterocycles. The quantitative estimate of drug-likeness (QED) is 0.744. The summed E-state index contributed by atoms with van der Waals surface area (Å²) in [6.07, 6.45) is 3.00. The second-order valence-corrected chi connectivity index (χ2v) is 6.51. The highest BCUT2D eigenvalue weighted by atomic mass is 16.5. The third-order valence-electron chi connectivity index (χ3n) is 4.72. The number of rotatable bonds is 7. The van der Waals surface area contributed by atoms with E-state index in [4.69, 9.17) is 14.6 Å². The molecule has 0 unspecified atom stereocenters.